The van der Waals surface area contributed by atoms with Gasteiger partial charge in [0, 0.05) is 18.7 Å². The van der Waals surface area contributed by atoms with E-state index in [1.165, 1.54) is 12.1 Å². The van der Waals surface area contributed by atoms with Gasteiger partial charge in [-0.3, -0.25) is 10.1 Å². The first-order valence-electron chi connectivity index (χ1n) is 6.98. The predicted molar refractivity (Wildman–Crippen MR) is 85.3 cm³/mol. The summed E-state index contributed by atoms with van der Waals surface area (Å²) in [6, 6.07) is 4.22. The number of hydrogen-bond donors (Lipinski definition) is 1. The molecule has 0 fully saturated rings. The number of nitrogens with one attached hydrogen (secondary N) is 1. The van der Waals surface area contributed by atoms with E-state index in [9.17, 15) is 18.5 Å². The molecule has 0 bridgehead atoms. The highest BCUT2D eigenvalue weighted by atomic mass is 32.2. The fourth-order valence-electron chi connectivity index (χ4n) is 2.41. The Morgan fingerprint density at radius 2 is 1.91 bits per heavy atom. The van der Waals surface area contributed by atoms with Crippen molar-refractivity contribution in [2.24, 2.45) is 5.92 Å². The molecule has 0 saturated carbocycles. The Labute approximate surface area is 131 Å². The lowest BCUT2D eigenvalue weighted by atomic mass is 10.0. The van der Waals surface area contributed by atoms with Crippen LogP contribution >= 0.6 is 0 Å². The van der Waals surface area contributed by atoms with Crippen LogP contribution in [0.5, 0.6) is 0 Å². The number of nitro groups is 1. The van der Waals surface area contributed by atoms with Crippen LogP contribution in [0.2, 0.25) is 0 Å². The number of nitro benzene ring substituents is 1. The van der Waals surface area contributed by atoms with Crippen LogP contribution in [0.25, 0.3) is 0 Å². The second kappa shape index (κ2) is 7.17. The lowest BCUT2D eigenvalue weighted by Gasteiger charge is -2.28. The van der Waals surface area contributed by atoms with Crippen molar-refractivity contribution in [1.82, 2.24) is 9.62 Å². The Bertz CT molecular complexity index is 633. The van der Waals surface area contributed by atoms with E-state index in [1.54, 1.807) is 13.0 Å². The van der Waals surface area contributed by atoms with Crippen molar-refractivity contribution in [3.05, 3.63) is 33.9 Å². The molecule has 1 atom stereocenters. The van der Waals surface area contributed by atoms with E-state index >= 15 is 0 Å². The van der Waals surface area contributed by atoms with Gasteiger partial charge in [0.25, 0.3) is 5.69 Å². The smallest absolute Gasteiger partial charge is 0.289 e. The molecule has 124 valence electrons. The first-order chi connectivity index (χ1) is 10.1. The van der Waals surface area contributed by atoms with Gasteiger partial charge in [-0.25, -0.2) is 13.1 Å². The van der Waals surface area contributed by atoms with Gasteiger partial charge in [-0.15, -0.1) is 0 Å². The quantitative estimate of drug-likeness (QED) is 0.608. The van der Waals surface area contributed by atoms with Gasteiger partial charge in [-0.2, -0.15) is 0 Å². The molecule has 0 aliphatic rings. The van der Waals surface area contributed by atoms with Gasteiger partial charge in [0.1, 0.15) is 0 Å². The summed E-state index contributed by atoms with van der Waals surface area (Å²) in [5.74, 6) is 0.240. The Balaban J connectivity index is 3.13. The molecule has 1 rings (SSSR count). The van der Waals surface area contributed by atoms with Crippen LogP contribution in [0, 0.1) is 23.0 Å². The minimum atomic E-state index is -3.95. The average Bonchev–Trinajstić information content (AvgIpc) is 2.36. The number of likely N-dealkylation sites (N-methyl/N-ethyl adjacent to an activating group) is 1. The molecule has 22 heavy (non-hydrogen) atoms. The third-order valence-corrected chi connectivity index (χ3v) is 5.19. The predicted octanol–water partition coefficient (Wildman–Crippen LogP) is 1.77. The van der Waals surface area contributed by atoms with Crippen LogP contribution in [-0.2, 0) is 10.0 Å². The molecule has 1 aromatic carbocycles. The van der Waals surface area contributed by atoms with Crippen LogP contribution in [0.1, 0.15) is 19.4 Å². The summed E-state index contributed by atoms with van der Waals surface area (Å²) in [7, 11) is -0.207. The monoisotopic (exact) mass is 329 g/mol. The molecule has 0 spiro atoms. The number of aryl methyl sites for hydroxylation is 1. The lowest BCUT2D eigenvalue weighted by molar-refractivity contribution is -0.387. The van der Waals surface area contributed by atoms with Gasteiger partial charge >= 0.3 is 0 Å². The molecule has 1 aromatic rings. The molecule has 0 aliphatic heterocycles. The van der Waals surface area contributed by atoms with E-state index in [0.717, 1.165) is 0 Å². The van der Waals surface area contributed by atoms with Crippen molar-refractivity contribution in [2.45, 2.75) is 31.7 Å². The normalized spacial score (nSPS) is 13.6. The van der Waals surface area contributed by atoms with Crippen molar-refractivity contribution in [1.29, 1.82) is 0 Å². The van der Waals surface area contributed by atoms with Gasteiger partial charge in [-0.1, -0.05) is 26.0 Å². The van der Waals surface area contributed by atoms with Crippen molar-refractivity contribution >= 4 is 15.7 Å². The van der Waals surface area contributed by atoms with E-state index in [4.69, 9.17) is 0 Å². The lowest BCUT2D eigenvalue weighted by Crippen LogP contribution is -2.43. The topological polar surface area (TPSA) is 92.5 Å². The number of hydrogen-bond acceptors (Lipinski definition) is 5. The summed E-state index contributed by atoms with van der Waals surface area (Å²) >= 11 is 0. The Morgan fingerprint density at radius 1 is 1.32 bits per heavy atom. The van der Waals surface area contributed by atoms with Gasteiger partial charge in [-0.05, 0) is 32.5 Å². The van der Waals surface area contributed by atoms with E-state index in [-0.39, 0.29) is 23.4 Å². The largest absolute Gasteiger partial charge is 0.305 e. The molecular weight excluding hydrogens is 306 g/mol. The molecule has 0 heterocycles. The zero-order valence-electron chi connectivity index (χ0n) is 13.5. The van der Waals surface area contributed by atoms with Crippen LogP contribution in [0.3, 0.4) is 0 Å². The minimum absolute atomic E-state index is 0.00199. The zero-order chi connectivity index (χ0) is 17.1. The fourth-order valence-corrected chi connectivity index (χ4v) is 3.86. The second-order valence-corrected chi connectivity index (χ2v) is 7.51. The van der Waals surface area contributed by atoms with Crippen LogP contribution < -0.4 is 4.72 Å². The highest BCUT2D eigenvalue weighted by Crippen LogP contribution is 2.26. The third kappa shape index (κ3) is 4.25. The summed E-state index contributed by atoms with van der Waals surface area (Å²) in [6.45, 7) is 5.73. The standard InChI is InChI=1S/C14H23N3O4S/c1-10(2)13(16(4)5)9-15-22(20,21)14-11(3)7-6-8-12(14)17(18)19/h6-8,10,13,15H,9H2,1-5H3/t13-/m0/s1. The zero-order valence-corrected chi connectivity index (χ0v) is 14.3. The van der Waals surface area contributed by atoms with Crippen LogP contribution in [0.4, 0.5) is 5.69 Å². The fraction of sp³-hybridized carbons (Fsp3) is 0.571. The summed E-state index contributed by atoms with van der Waals surface area (Å²) in [5, 5.41) is 11.1. The molecule has 7 nitrogen and oxygen atoms in total. The maximum atomic E-state index is 12.5. The van der Waals surface area contributed by atoms with E-state index in [1.807, 2.05) is 32.8 Å². The molecule has 0 aliphatic carbocycles. The average molecular weight is 329 g/mol. The van der Waals surface area contributed by atoms with Gasteiger partial charge in [0.05, 0.1) is 4.92 Å². The van der Waals surface area contributed by atoms with Crippen molar-refractivity contribution < 1.29 is 13.3 Å². The summed E-state index contributed by atoms with van der Waals surface area (Å²) < 4.78 is 27.5. The number of rotatable bonds is 7. The Hall–Kier alpha value is -1.51. The summed E-state index contributed by atoms with van der Waals surface area (Å²) in [6.07, 6.45) is 0. The summed E-state index contributed by atoms with van der Waals surface area (Å²) in [5.41, 5.74) is -0.0499. The van der Waals surface area contributed by atoms with Gasteiger partial charge in [0.2, 0.25) is 10.0 Å². The molecule has 0 saturated heterocycles. The third-order valence-electron chi connectivity index (χ3n) is 3.57. The molecule has 0 aromatic heterocycles. The Morgan fingerprint density at radius 3 is 2.36 bits per heavy atom. The minimum Gasteiger partial charge on any atom is -0.305 e. The van der Waals surface area contributed by atoms with Crippen molar-refractivity contribution in [3.63, 3.8) is 0 Å². The molecule has 0 amide bonds. The molecule has 1 N–H and O–H groups in total. The number of benzene rings is 1. The maximum Gasteiger partial charge on any atom is 0.289 e. The molecule has 0 unspecified atom stereocenters. The second-order valence-electron chi connectivity index (χ2n) is 5.81. The first kappa shape index (κ1) is 18.5. The van der Waals surface area contributed by atoms with Crippen molar-refractivity contribution in [2.75, 3.05) is 20.6 Å². The Kier molecular flexibility index (Phi) is 6.04. The molecule has 8 heteroatoms. The number of nitrogens with zero attached hydrogens (tertiary/aromatic N) is 2. The summed E-state index contributed by atoms with van der Waals surface area (Å²) in [4.78, 5) is 12.1. The maximum absolute atomic E-state index is 12.5. The number of sulfonamides is 1. The van der Waals surface area contributed by atoms with E-state index < -0.39 is 20.6 Å². The van der Waals surface area contributed by atoms with Crippen molar-refractivity contribution in [3.8, 4) is 0 Å². The van der Waals surface area contributed by atoms with Gasteiger partial charge in [0.15, 0.2) is 4.90 Å². The highest BCUT2D eigenvalue weighted by molar-refractivity contribution is 7.89. The molecule has 0 radical (unpaired) electrons. The van der Waals surface area contributed by atoms with Crippen LogP contribution in [0.15, 0.2) is 23.1 Å². The SMILES string of the molecule is Cc1cccc([N+](=O)[O-])c1S(=O)(=O)NC[C@@H](C(C)C)N(C)C. The molecular formula is C14H23N3O4S. The van der Waals surface area contributed by atoms with Gasteiger partial charge < -0.3 is 4.90 Å². The van der Waals surface area contributed by atoms with E-state index in [0.29, 0.717) is 5.56 Å². The van der Waals surface area contributed by atoms with Crippen LogP contribution in [-0.4, -0.2) is 44.9 Å². The highest BCUT2D eigenvalue weighted by Gasteiger charge is 2.29. The van der Waals surface area contributed by atoms with E-state index in [2.05, 4.69) is 4.72 Å². The first-order valence-corrected chi connectivity index (χ1v) is 8.46.